The molecule has 0 saturated carbocycles. The summed E-state index contributed by atoms with van der Waals surface area (Å²) in [4.78, 5) is 9.43. The Hall–Kier alpha value is -2.31. The maximum atomic E-state index is 5.96. The number of guanidine groups is 1. The third kappa shape index (κ3) is 6.34. The molecule has 0 spiro atoms. The van der Waals surface area contributed by atoms with E-state index in [1.54, 1.807) is 6.26 Å². The number of rotatable bonds is 9. The number of nitrogens with one attached hydrogen (secondary N) is 1. The molecule has 2 unspecified atom stereocenters. The number of aliphatic imine (C=N–C) groups is 1. The summed E-state index contributed by atoms with van der Waals surface area (Å²) in [5, 5.41) is 3.45. The Balaban J connectivity index is 1.53. The summed E-state index contributed by atoms with van der Waals surface area (Å²) >= 11 is 0. The molecule has 6 heteroatoms. The number of ether oxygens (including phenoxy) is 1. The van der Waals surface area contributed by atoms with Gasteiger partial charge < -0.3 is 19.4 Å². The lowest BCUT2D eigenvalue weighted by atomic mass is 10.1. The first-order valence-electron chi connectivity index (χ1n) is 10.5. The largest absolute Gasteiger partial charge is 0.468 e. The second kappa shape index (κ2) is 11.0. The van der Waals surface area contributed by atoms with Crippen LogP contribution in [0.4, 0.5) is 0 Å². The second-order valence-corrected chi connectivity index (χ2v) is 7.79. The quantitative estimate of drug-likeness (QED) is 0.518. The number of likely N-dealkylation sites (tertiary alicyclic amines) is 1. The summed E-state index contributed by atoms with van der Waals surface area (Å²) in [5.74, 6) is 2.47. The smallest absolute Gasteiger partial charge is 0.193 e. The standard InChI is InChI=1S/C23H34N4O2/c1-4-24-23(25-15-21(26(2)3)22-11-8-14-29-22)27-13-12-20(16-27)18-28-17-19-9-6-5-7-10-19/h5-11,14,20-21H,4,12-13,15-18H2,1-3H3,(H,24,25). The molecule has 0 aliphatic carbocycles. The molecule has 2 aromatic rings. The van der Waals surface area contributed by atoms with Crippen molar-refractivity contribution in [2.75, 3.05) is 46.9 Å². The molecule has 158 valence electrons. The zero-order valence-electron chi connectivity index (χ0n) is 17.9. The topological polar surface area (TPSA) is 53.2 Å². The predicted octanol–water partition coefficient (Wildman–Crippen LogP) is 3.39. The van der Waals surface area contributed by atoms with Crippen LogP contribution in [0.2, 0.25) is 0 Å². The average Bonchev–Trinajstić information content (AvgIpc) is 3.40. The van der Waals surface area contributed by atoms with Crippen LogP contribution in [0.15, 0.2) is 58.1 Å². The Morgan fingerprint density at radius 3 is 2.79 bits per heavy atom. The lowest BCUT2D eigenvalue weighted by Gasteiger charge is -2.24. The molecular weight excluding hydrogens is 364 g/mol. The Kier molecular flexibility index (Phi) is 8.14. The third-order valence-corrected chi connectivity index (χ3v) is 5.29. The van der Waals surface area contributed by atoms with E-state index in [9.17, 15) is 0 Å². The molecule has 29 heavy (non-hydrogen) atoms. The van der Waals surface area contributed by atoms with Crippen LogP contribution in [0.1, 0.15) is 30.7 Å². The van der Waals surface area contributed by atoms with Gasteiger partial charge in [-0.25, -0.2) is 0 Å². The van der Waals surface area contributed by atoms with Gasteiger partial charge in [-0.1, -0.05) is 30.3 Å². The predicted molar refractivity (Wildman–Crippen MR) is 117 cm³/mol. The van der Waals surface area contributed by atoms with Crippen LogP contribution in [-0.4, -0.2) is 62.6 Å². The van der Waals surface area contributed by atoms with Crippen molar-refractivity contribution in [3.05, 3.63) is 60.1 Å². The molecule has 2 atom stereocenters. The maximum Gasteiger partial charge on any atom is 0.193 e. The number of benzene rings is 1. The Morgan fingerprint density at radius 2 is 2.10 bits per heavy atom. The molecule has 1 aromatic heterocycles. The van der Waals surface area contributed by atoms with Crippen LogP contribution in [0.3, 0.4) is 0 Å². The highest BCUT2D eigenvalue weighted by Gasteiger charge is 2.25. The van der Waals surface area contributed by atoms with Gasteiger partial charge in [0.2, 0.25) is 0 Å². The van der Waals surface area contributed by atoms with E-state index in [1.165, 1.54) is 5.56 Å². The fourth-order valence-corrected chi connectivity index (χ4v) is 3.67. The summed E-state index contributed by atoms with van der Waals surface area (Å²) < 4.78 is 11.6. The van der Waals surface area contributed by atoms with Crippen LogP contribution in [0, 0.1) is 5.92 Å². The number of hydrogen-bond donors (Lipinski definition) is 1. The molecular formula is C23H34N4O2. The molecule has 3 rings (SSSR count). The lowest BCUT2D eigenvalue weighted by molar-refractivity contribution is 0.0906. The zero-order chi connectivity index (χ0) is 20.5. The van der Waals surface area contributed by atoms with Gasteiger partial charge in [-0.2, -0.15) is 0 Å². The number of furan rings is 1. The van der Waals surface area contributed by atoms with E-state index in [0.29, 0.717) is 19.1 Å². The van der Waals surface area contributed by atoms with E-state index in [0.717, 1.165) is 44.4 Å². The van der Waals surface area contributed by atoms with Crippen LogP contribution in [-0.2, 0) is 11.3 Å². The molecule has 1 fully saturated rings. The summed E-state index contributed by atoms with van der Waals surface area (Å²) in [6.45, 7) is 7.09. The lowest BCUT2D eigenvalue weighted by Crippen LogP contribution is -2.41. The van der Waals surface area contributed by atoms with Crippen LogP contribution in [0.25, 0.3) is 0 Å². The normalized spacial score (nSPS) is 18.4. The highest BCUT2D eigenvalue weighted by Crippen LogP contribution is 2.21. The van der Waals surface area contributed by atoms with Gasteiger partial charge in [0.15, 0.2) is 5.96 Å². The third-order valence-electron chi connectivity index (χ3n) is 5.29. The molecule has 0 radical (unpaired) electrons. The number of likely N-dealkylation sites (N-methyl/N-ethyl adjacent to an activating group) is 1. The summed E-state index contributed by atoms with van der Waals surface area (Å²) in [6, 6.07) is 14.4. The minimum absolute atomic E-state index is 0.131. The minimum Gasteiger partial charge on any atom is -0.468 e. The van der Waals surface area contributed by atoms with Gasteiger partial charge in [-0.3, -0.25) is 9.89 Å². The number of nitrogens with zero attached hydrogens (tertiary/aromatic N) is 3. The SMILES string of the molecule is CCNC(=NCC(c1ccco1)N(C)C)N1CCC(COCc2ccccc2)C1. The van der Waals surface area contributed by atoms with Crippen molar-refractivity contribution in [1.29, 1.82) is 0 Å². The summed E-state index contributed by atoms with van der Waals surface area (Å²) in [5.41, 5.74) is 1.23. The van der Waals surface area contributed by atoms with Gasteiger partial charge in [-0.15, -0.1) is 0 Å². The van der Waals surface area contributed by atoms with Gasteiger partial charge in [0, 0.05) is 25.6 Å². The molecule has 1 aliphatic rings. The first kappa shape index (κ1) is 21.4. The van der Waals surface area contributed by atoms with E-state index >= 15 is 0 Å². The monoisotopic (exact) mass is 398 g/mol. The van der Waals surface area contributed by atoms with Crippen molar-refractivity contribution in [1.82, 2.24) is 15.1 Å². The Labute approximate surface area is 174 Å². The van der Waals surface area contributed by atoms with E-state index in [-0.39, 0.29) is 6.04 Å². The highest BCUT2D eigenvalue weighted by atomic mass is 16.5. The van der Waals surface area contributed by atoms with Crippen LogP contribution < -0.4 is 5.32 Å². The Morgan fingerprint density at radius 1 is 1.28 bits per heavy atom. The van der Waals surface area contributed by atoms with Gasteiger partial charge in [0.25, 0.3) is 0 Å². The number of hydrogen-bond acceptors (Lipinski definition) is 4. The highest BCUT2D eigenvalue weighted by molar-refractivity contribution is 5.80. The van der Waals surface area contributed by atoms with Gasteiger partial charge >= 0.3 is 0 Å². The molecule has 0 bridgehead atoms. The van der Waals surface area contributed by atoms with E-state index in [2.05, 4.69) is 60.4 Å². The van der Waals surface area contributed by atoms with Crippen molar-refractivity contribution in [2.24, 2.45) is 10.9 Å². The van der Waals surface area contributed by atoms with Crippen molar-refractivity contribution < 1.29 is 9.15 Å². The van der Waals surface area contributed by atoms with Crippen molar-refractivity contribution in [2.45, 2.75) is 26.0 Å². The fourth-order valence-electron chi connectivity index (χ4n) is 3.67. The molecule has 2 heterocycles. The average molecular weight is 399 g/mol. The van der Waals surface area contributed by atoms with Gasteiger partial charge in [0.05, 0.1) is 32.1 Å². The molecule has 6 nitrogen and oxygen atoms in total. The van der Waals surface area contributed by atoms with Crippen molar-refractivity contribution >= 4 is 5.96 Å². The molecule has 1 N–H and O–H groups in total. The van der Waals surface area contributed by atoms with Crippen molar-refractivity contribution in [3.63, 3.8) is 0 Å². The van der Waals surface area contributed by atoms with Gasteiger partial charge in [-0.05, 0) is 45.1 Å². The van der Waals surface area contributed by atoms with Gasteiger partial charge in [0.1, 0.15) is 5.76 Å². The summed E-state index contributed by atoms with van der Waals surface area (Å²) in [7, 11) is 4.12. The van der Waals surface area contributed by atoms with E-state index < -0.39 is 0 Å². The molecule has 0 amide bonds. The molecule has 1 aliphatic heterocycles. The van der Waals surface area contributed by atoms with E-state index in [1.807, 2.05) is 18.2 Å². The minimum atomic E-state index is 0.131. The zero-order valence-corrected chi connectivity index (χ0v) is 17.9. The summed E-state index contributed by atoms with van der Waals surface area (Å²) in [6.07, 6.45) is 2.86. The van der Waals surface area contributed by atoms with E-state index in [4.69, 9.17) is 14.1 Å². The van der Waals surface area contributed by atoms with Crippen LogP contribution in [0.5, 0.6) is 0 Å². The first-order chi connectivity index (χ1) is 14.2. The fraction of sp³-hybridized carbons (Fsp3) is 0.522. The second-order valence-electron chi connectivity index (χ2n) is 7.79. The molecule has 1 aromatic carbocycles. The Bertz CT molecular complexity index is 731. The van der Waals surface area contributed by atoms with Crippen molar-refractivity contribution in [3.8, 4) is 0 Å². The molecule has 1 saturated heterocycles. The maximum absolute atomic E-state index is 5.96. The van der Waals surface area contributed by atoms with Crippen LogP contribution >= 0.6 is 0 Å². The first-order valence-corrected chi connectivity index (χ1v) is 10.5.